The molecule has 0 aliphatic heterocycles. The lowest BCUT2D eigenvalue weighted by Gasteiger charge is -2.12. The van der Waals surface area contributed by atoms with E-state index in [2.05, 4.69) is 27.4 Å². The van der Waals surface area contributed by atoms with Crippen molar-refractivity contribution in [3.05, 3.63) is 52.6 Å². The first-order valence-corrected chi connectivity index (χ1v) is 6.71. The highest BCUT2D eigenvalue weighted by Gasteiger charge is 2.12. The van der Waals surface area contributed by atoms with Crippen molar-refractivity contribution >= 4 is 11.6 Å². The molecule has 2 aromatic rings. The van der Waals surface area contributed by atoms with E-state index in [9.17, 15) is 4.79 Å². The smallest absolute Gasteiger partial charge is 0.274 e. The summed E-state index contributed by atoms with van der Waals surface area (Å²) in [7, 11) is 0. The van der Waals surface area contributed by atoms with Crippen LogP contribution in [0.5, 0.6) is 0 Å². The van der Waals surface area contributed by atoms with Gasteiger partial charge in [-0.25, -0.2) is 9.97 Å². The van der Waals surface area contributed by atoms with Crippen molar-refractivity contribution in [2.45, 2.75) is 34.1 Å². The minimum absolute atomic E-state index is 0.197. The predicted molar refractivity (Wildman–Crippen MR) is 80.0 cm³/mol. The second kappa shape index (κ2) is 5.82. The number of aryl methyl sites for hydroxylation is 4. The first kappa shape index (κ1) is 14.2. The summed E-state index contributed by atoms with van der Waals surface area (Å²) in [5.41, 5.74) is 5.42. The second-order valence-electron chi connectivity index (χ2n) is 4.98. The predicted octanol–water partition coefficient (Wildman–Crippen LogP) is 3.22. The molecular weight excluding hydrogens is 250 g/mol. The molecule has 1 aromatic heterocycles. The van der Waals surface area contributed by atoms with E-state index in [1.165, 1.54) is 11.9 Å². The van der Waals surface area contributed by atoms with Crippen LogP contribution in [0.15, 0.2) is 24.5 Å². The maximum Gasteiger partial charge on any atom is 0.274 e. The van der Waals surface area contributed by atoms with Crippen molar-refractivity contribution in [2.24, 2.45) is 0 Å². The van der Waals surface area contributed by atoms with Crippen LogP contribution in [0.25, 0.3) is 0 Å². The molecule has 0 saturated carbocycles. The molecule has 0 fully saturated rings. The molecule has 0 saturated heterocycles. The van der Waals surface area contributed by atoms with Gasteiger partial charge in [-0.2, -0.15) is 0 Å². The third-order valence-electron chi connectivity index (χ3n) is 3.23. The molecule has 4 nitrogen and oxygen atoms in total. The number of nitrogens with one attached hydrogen (secondary N) is 1. The molecule has 0 atom stereocenters. The Labute approximate surface area is 119 Å². The first-order chi connectivity index (χ1) is 9.51. The average Bonchev–Trinajstić information content (AvgIpc) is 2.42. The number of benzene rings is 1. The Hall–Kier alpha value is -2.23. The van der Waals surface area contributed by atoms with E-state index in [0.29, 0.717) is 5.69 Å². The zero-order valence-electron chi connectivity index (χ0n) is 12.3. The van der Waals surface area contributed by atoms with Gasteiger partial charge >= 0.3 is 0 Å². The molecule has 0 aliphatic carbocycles. The third-order valence-corrected chi connectivity index (χ3v) is 3.23. The summed E-state index contributed by atoms with van der Waals surface area (Å²) in [5, 5.41) is 2.94. The molecule has 0 aliphatic rings. The Bertz CT molecular complexity index is 627. The molecule has 104 valence electrons. The maximum atomic E-state index is 12.3. The second-order valence-corrected chi connectivity index (χ2v) is 4.98. The number of aromatic nitrogens is 2. The van der Waals surface area contributed by atoms with Gasteiger partial charge in [0.15, 0.2) is 0 Å². The molecule has 0 radical (unpaired) electrons. The Morgan fingerprint density at radius 3 is 2.35 bits per heavy atom. The lowest BCUT2D eigenvalue weighted by molar-refractivity contribution is 0.102. The summed E-state index contributed by atoms with van der Waals surface area (Å²) >= 11 is 0. The minimum Gasteiger partial charge on any atom is -0.320 e. The number of nitrogens with zero attached hydrogens (tertiary/aromatic N) is 2. The standard InChI is InChI=1S/C16H19N3O/c1-5-13-8-14(18-9-17-13)16(20)19-15-11(3)6-10(2)7-12(15)4/h6-9H,5H2,1-4H3,(H,19,20). The van der Waals surface area contributed by atoms with E-state index >= 15 is 0 Å². The van der Waals surface area contributed by atoms with Crippen molar-refractivity contribution in [1.82, 2.24) is 9.97 Å². The van der Waals surface area contributed by atoms with Crippen molar-refractivity contribution in [3.8, 4) is 0 Å². The van der Waals surface area contributed by atoms with Crippen molar-refractivity contribution in [2.75, 3.05) is 5.32 Å². The topological polar surface area (TPSA) is 54.9 Å². The van der Waals surface area contributed by atoms with E-state index in [1.807, 2.05) is 27.7 Å². The summed E-state index contributed by atoms with van der Waals surface area (Å²) in [6.45, 7) is 8.03. The van der Waals surface area contributed by atoms with Gasteiger partial charge in [-0.3, -0.25) is 4.79 Å². The van der Waals surface area contributed by atoms with Gasteiger partial charge in [-0.15, -0.1) is 0 Å². The fourth-order valence-corrected chi connectivity index (χ4v) is 2.27. The molecule has 1 aromatic carbocycles. The number of carbonyl (C=O) groups is 1. The molecule has 0 bridgehead atoms. The SMILES string of the molecule is CCc1cc(C(=O)Nc2c(C)cc(C)cc2C)ncn1. The van der Waals surface area contributed by atoms with Crippen LogP contribution in [-0.2, 0) is 6.42 Å². The van der Waals surface area contributed by atoms with Gasteiger partial charge in [0.05, 0.1) is 0 Å². The van der Waals surface area contributed by atoms with E-state index in [4.69, 9.17) is 0 Å². The van der Waals surface area contributed by atoms with Crippen molar-refractivity contribution in [3.63, 3.8) is 0 Å². The van der Waals surface area contributed by atoms with Crippen LogP contribution in [0.2, 0.25) is 0 Å². The van der Waals surface area contributed by atoms with Crippen LogP contribution >= 0.6 is 0 Å². The zero-order valence-corrected chi connectivity index (χ0v) is 12.3. The van der Waals surface area contributed by atoms with Crippen molar-refractivity contribution in [1.29, 1.82) is 0 Å². The van der Waals surface area contributed by atoms with E-state index < -0.39 is 0 Å². The largest absolute Gasteiger partial charge is 0.320 e. The Morgan fingerprint density at radius 1 is 1.10 bits per heavy atom. The van der Waals surface area contributed by atoms with Gasteiger partial charge in [-0.05, 0) is 44.4 Å². The molecule has 20 heavy (non-hydrogen) atoms. The van der Waals surface area contributed by atoms with Crippen LogP contribution in [0.4, 0.5) is 5.69 Å². The average molecular weight is 269 g/mol. The highest BCUT2D eigenvalue weighted by Crippen LogP contribution is 2.22. The number of carbonyl (C=O) groups excluding carboxylic acids is 1. The molecule has 4 heteroatoms. The first-order valence-electron chi connectivity index (χ1n) is 6.71. The highest BCUT2D eigenvalue weighted by atomic mass is 16.1. The maximum absolute atomic E-state index is 12.3. The summed E-state index contributed by atoms with van der Waals surface area (Å²) in [5.74, 6) is -0.197. The Balaban J connectivity index is 2.28. The molecule has 0 spiro atoms. The number of amides is 1. The number of hydrogen-bond donors (Lipinski definition) is 1. The summed E-state index contributed by atoms with van der Waals surface area (Å²) in [4.78, 5) is 20.4. The van der Waals surface area contributed by atoms with Crippen LogP contribution in [0.3, 0.4) is 0 Å². The summed E-state index contributed by atoms with van der Waals surface area (Å²) in [6.07, 6.45) is 2.22. The molecular formula is C16H19N3O. The van der Waals surface area contributed by atoms with Gasteiger partial charge < -0.3 is 5.32 Å². The normalized spacial score (nSPS) is 10.4. The number of anilines is 1. The Morgan fingerprint density at radius 2 is 1.75 bits per heavy atom. The Kier molecular flexibility index (Phi) is 4.13. The van der Waals surface area contributed by atoms with Crippen LogP contribution in [-0.4, -0.2) is 15.9 Å². The van der Waals surface area contributed by atoms with E-state index in [0.717, 1.165) is 28.9 Å². The zero-order chi connectivity index (χ0) is 14.7. The molecule has 0 unspecified atom stereocenters. The van der Waals surface area contributed by atoms with Crippen LogP contribution < -0.4 is 5.32 Å². The van der Waals surface area contributed by atoms with Gasteiger partial charge in [-0.1, -0.05) is 24.6 Å². The van der Waals surface area contributed by atoms with Gasteiger partial charge in [0.1, 0.15) is 12.0 Å². The highest BCUT2D eigenvalue weighted by molar-refractivity contribution is 6.03. The fourth-order valence-electron chi connectivity index (χ4n) is 2.27. The molecule has 2 rings (SSSR count). The number of hydrogen-bond acceptors (Lipinski definition) is 3. The van der Waals surface area contributed by atoms with Crippen LogP contribution in [0, 0.1) is 20.8 Å². The lowest BCUT2D eigenvalue weighted by atomic mass is 10.0. The van der Waals surface area contributed by atoms with Gasteiger partial charge in [0, 0.05) is 11.4 Å². The number of rotatable bonds is 3. The molecule has 1 amide bonds. The summed E-state index contributed by atoms with van der Waals surface area (Å²) < 4.78 is 0. The quantitative estimate of drug-likeness (QED) is 0.930. The fraction of sp³-hybridized carbons (Fsp3) is 0.312. The lowest BCUT2D eigenvalue weighted by Crippen LogP contribution is -2.16. The summed E-state index contributed by atoms with van der Waals surface area (Å²) in [6, 6.07) is 5.84. The minimum atomic E-state index is -0.197. The van der Waals surface area contributed by atoms with Crippen LogP contribution in [0.1, 0.15) is 39.8 Å². The third kappa shape index (κ3) is 3.02. The van der Waals surface area contributed by atoms with Gasteiger partial charge in [0.2, 0.25) is 0 Å². The van der Waals surface area contributed by atoms with Gasteiger partial charge in [0.25, 0.3) is 5.91 Å². The van der Waals surface area contributed by atoms with E-state index in [-0.39, 0.29) is 5.91 Å². The molecule has 1 N–H and O–H groups in total. The monoisotopic (exact) mass is 269 g/mol. The van der Waals surface area contributed by atoms with E-state index in [1.54, 1.807) is 6.07 Å². The van der Waals surface area contributed by atoms with Crippen molar-refractivity contribution < 1.29 is 4.79 Å². The molecule has 1 heterocycles.